The lowest BCUT2D eigenvalue weighted by molar-refractivity contribution is 0.0950. The van der Waals surface area contributed by atoms with Crippen molar-refractivity contribution in [2.75, 3.05) is 18.5 Å². The van der Waals surface area contributed by atoms with Crippen LogP contribution in [-0.4, -0.2) is 30.1 Å². The van der Waals surface area contributed by atoms with Crippen LogP contribution < -0.4 is 20.7 Å². The van der Waals surface area contributed by atoms with E-state index in [4.69, 9.17) is 17.0 Å². The lowest BCUT2D eigenvalue weighted by Crippen LogP contribution is -2.34. The molecule has 0 aliphatic rings. The first-order chi connectivity index (χ1) is 14.4. The van der Waals surface area contributed by atoms with Crippen molar-refractivity contribution in [3.8, 4) is 5.75 Å². The molecule has 3 N–H and O–H groups in total. The molecule has 0 aliphatic heterocycles. The molecule has 0 saturated carbocycles. The first-order valence-corrected chi connectivity index (χ1v) is 11.1. The van der Waals surface area contributed by atoms with Gasteiger partial charge in [-0.25, -0.2) is 0 Å². The van der Waals surface area contributed by atoms with Gasteiger partial charge in [-0.15, -0.1) is 0 Å². The molecule has 0 atom stereocenters. The Labute approximate surface area is 190 Å². The predicted octanol–water partition coefficient (Wildman–Crippen LogP) is 4.89. The average Bonchev–Trinajstić information content (AvgIpc) is 2.73. The summed E-state index contributed by atoms with van der Waals surface area (Å²) in [6, 6.07) is 12.0. The first kappa shape index (κ1) is 23.8. The van der Waals surface area contributed by atoms with Gasteiger partial charge in [-0.2, -0.15) is 0 Å². The number of anilines is 1. The van der Waals surface area contributed by atoms with E-state index in [-0.39, 0.29) is 16.9 Å². The van der Waals surface area contributed by atoms with Gasteiger partial charge in [0.25, 0.3) is 11.8 Å². The van der Waals surface area contributed by atoms with Gasteiger partial charge in [0, 0.05) is 23.4 Å². The van der Waals surface area contributed by atoms with E-state index in [9.17, 15) is 9.59 Å². The zero-order valence-corrected chi connectivity index (χ0v) is 19.5. The summed E-state index contributed by atoms with van der Waals surface area (Å²) in [5, 5.41) is 8.63. The van der Waals surface area contributed by atoms with Crippen LogP contribution in [0, 0.1) is 0 Å². The number of amides is 2. The minimum atomic E-state index is -0.331. The zero-order chi connectivity index (χ0) is 21.9. The second-order valence-electron chi connectivity index (χ2n) is 6.59. The van der Waals surface area contributed by atoms with Crippen molar-refractivity contribution in [3.63, 3.8) is 0 Å². The monoisotopic (exact) mass is 491 g/mol. The molecule has 160 valence electrons. The Balaban J connectivity index is 1.90. The van der Waals surface area contributed by atoms with E-state index in [1.165, 1.54) is 0 Å². The standard InChI is InChI=1S/C22H26BrN3O3S/c1-3-5-12-24-20(27)15-6-9-17(10-7-15)25-22(30)26-21(28)16-8-11-19(18(23)14-16)29-13-4-2/h6-11,14H,3-5,12-13H2,1-2H3,(H,24,27)(H2,25,26,28,30). The van der Waals surface area contributed by atoms with Crippen LogP contribution in [0.4, 0.5) is 5.69 Å². The summed E-state index contributed by atoms with van der Waals surface area (Å²) in [6.07, 6.45) is 2.88. The van der Waals surface area contributed by atoms with E-state index in [0.717, 1.165) is 19.3 Å². The van der Waals surface area contributed by atoms with Crippen molar-refractivity contribution in [1.29, 1.82) is 0 Å². The number of carbonyl (C=O) groups is 2. The molecule has 2 aromatic rings. The number of halogens is 1. The quantitative estimate of drug-likeness (QED) is 0.343. The number of ether oxygens (including phenoxy) is 1. The molecule has 30 heavy (non-hydrogen) atoms. The smallest absolute Gasteiger partial charge is 0.257 e. The number of benzene rings is 2. The Morgan fingerprint density at radius 2 is 1.70 bits per heavy atom. The molecular weight excluding hydrogens is 466 g/mol. The number of hydrogen-bond acceptors (Lipinski definition) is 4. The Morgan fingerprint density at radius 1 is 1.00 bits per heavy atom. The summed E-state index contributed by atoms with van der Waals surface area (Å²) in [5.74, 6) is 0.248. The van der Waals surface area contributed by atoms with Crippen molar-refractivity contribution < 1.29 is 14.3 Å². The van der Waals surface area contributed by atoms with Crippen LogP contribution in [0.3, 0.4) is 0 Å². The highest BCUT2D eigenvalue weighted by molar-refractivity contribution is 9.10. The third kappa shape index (κ3) is 7.42. The summed E-state index contributed by atoms with van der Waals surface area (Å²) in [6.45, 7) is 5.37. The van der Waals surface area contributed by atoms with E-state index in [2.05, 4.69) is 38.8 Å². The normalized spacial score (nSPS) is 10.2. The number of nitrogens with one attached hydrogen (secondary N) is 3. The van der Waals surface area contributed by atoms with Crippen molar-refractivity contribution in [3.05, 3.63) is 58.1 Å². The number of thiocarbonyl (C=S) groups is 1. The molecule has 8 heteroatoms. The molecule has 0 radical (unpaired) electrons. The highest BCUT2D eigenvalue weighted by Crippen LogP contribution is 2.26. The van der Waals surface area contributed by atoms with E-state index in [1.54, 1.807) is 42.5 Å². The van der Waals surface area contributed by atoms with E-state index in [1.807, 2.05) is 6.92 Å². The molecule has 6 nitrogen and oxygen atoms in total. The van der Waals surface area contributed by atoms with E-state index >= 15 is 0 Å². The van der Waals surface area contributed by atoms with E-state index in [0.29, 0.717) is 40.2 Å². The number of hydrogen-bond donors (Lipinski definition) is 3. The Bertz CT molecular complexity index is 888. The van der Waals surface area contributed by atoms with Crippen LogP contribution in [0.2, 0.25) is 0 Å². The second kappa shape index (κ2) is 12.3. The largest absolute Gasteiger partial charge is 0.492 e. The van der Waals surface area contributed by atoms with Crippen LogP contribution >= 0.6 is 28.1 Å². The molecule has 0 spiro atoms. The molecule has 0 heterocycles. The molecule has 0 bridgehead atoms. The molecule has 2 amide bonds. The summed E-state index contributed by atoms with van der Waals surface area (Å²) >= 11 is 8.64. The maximum absolute atomic E-state index is 12.4. The average molecular weight is 492 g/mol. The second-order valence-corrected chi connectivity index (χ2v) is 7.85. The molecular formula is C22H26BrN3O3S. The number of carbonyl (C=O) groups excluding carboxylic acids is 2. The van der Waals surface area contributed by atoms with Gasteiger partial charge in [-0.1, -0.05) is 20.3 Å². The fourth-order valence-electron chi connectivity index (χ4n) is 2.49. The molecule has 2 aromatic carbocycles. The Hall–Kier alpha value is -2.45. The van der Waals surface area contributed by atoms with Gasteiger partial charge in [-0.3, -0.25) is 14.9 Å². The summed E-state index contributed by atoms with van der Waals surface area (Å²) in [7, 11) is 0. The molecule has 0 saturated heterocycles. The van der Waals surface area contributed by atoms with Gasteiger partial charge in [-0.05, 0) is 83.5 Å². The van der Waals surface area contributed by atoms with Gasteiger partial charge in [0.15, 0.2) is 5.11 Å². The molecule has 0 unspecified atom stereocenters. The SMILES string of the molecule is CCCCNC(=O)c1ccc(NC(=S)NC(=O)c2ccc(OCCC)c(Br)c2)cc1. The molecule has 0 fully saturated rings. The van der Waals surface area contributed by atoms with Gasteiger partial charge < -0.3 is 15.4 Å². The van der Waals surface area contributed by atoms with Gasteiger partial charge in [0.1, 0.15) is 5.75 Å². The summed E-state index contributed by atoms with van der Waals surface area (Å²) < 4.78 is 6.29. The van der Waals surface area contributed by atoms with Crippen molar-refractivity contribution in [2.45, 2.75) is 33.1 Å². The van der Waals surface area contributed by atoms with Crippen LogP contribution in [-0.2, 0) is 0 Å². The van der Waals surface area contributed by atoms with Crippen LogP contribution in [0.25, 0.3) is 0 Å². The number of rotatable bonds is 9. The van der Waals surface area contributed by atoms with Gasteiger partial charge in [0.05, 0.1) is 11.1 Å². The summed E-state index contributed by atoms with van der Waals surface area (Å²) in [5.41, 5.74) is 1.70. The predicted molar refractivity (Wildman–Crippen MR) is 127 cm³/mol. The zero-order valence-electron chi connectivity index (χ0n) is 17.1. The fourth-order valence-corrected chi connectivity index (χ4v) is 3.20. The maximum atomic E-state index is 12.4. The minimum absolute atomic E-state index is 0.109. The fraction of sp³-hybridized carbons (Fsp3) is 0.318. The number of unbranched alkanes of at least 4 members (excludes halogenated alkanes) is 1. The van der Waals surface area contributed by atoms with E-state index < -0.39 is 0 Å². The Kier molecular flexibility index (Phi) is 9.76. The van der Waals surface area contributed by atoms with Gasteiger partial charge in [0.2, 0.25) is 0 Å². The Morgan fingerprint density at radius 3 is 2.33 bits per heavy atom. The highest BCUT2D eigenvalue weighted by Gasteiger charge is 2.11. The molecule has 0 aliphatic carbocycles. The van der Waals surface area contributed by atoms with Crippen LogP contribution in [0.5, 0.6) is 5.75 Å². The van der Waals surface area contributed by atoms with Crippen LogP contribution in [0.15, 0.2) is 46.9 Å². The third-order valence-electron chi connectivity index (χ3n) is 4.10. The van der Waals surface area contributed by atoms with Crippen molar-refractivity contribution in [2.24, 2.45) is 0 Å². The van der Waals surface area contributed by atoms with Gasteiger partial charge >= 0.3 is 0 Å². The maximum Gasteiger partial charge on any atom is 0.257 e. The molecule has 2 rings (SSSR count). The molecule has 0 aromatic heterocycles. The topological polar surface area (TPSA) is 79.5 Å². The first-order valence-electron chi connectivity index (χ1n) is 9.87. The third-order valence-corrected chi connectivity index (χ3v) is 4.93. The summed E-state index contributed by atoms with van der Waals surface area (Å²) in [4.78, 5) is 24.5. The lowest BCUT2D eigenvalue weighted by Gasteiger charge is -2.12. The van der Waals surface area contributed by atoms with Crippen molar-refractivity contribution >= 4 is 50.8 Å². The minimum Gasteiger partial charge on any atom is -0.492 e. The van der Waals surface area contributed by atoms with Crippen molar-refractivity contribution in [1.82, 2.24) is 10.6 Å². The lowest BCUT2D eigenvalue weighted by atomic mass is 10.2. The highest BCUT2D eigenvalue weighted by atomic mass is 79.9. The van der Waals surface area contributed by atoms with Crippen LogP contribution in [0.1, 0.15) is 53.8 Å².